The van der Waals surface area contributed by atoms with Gasteiger partial charge in [-0.15, -0.1) is 0 Å². The number of primary amides is 1. The van der Waals surface area contributed by atoms with E-state index < -0.39 is 5.91 Å². The fourth-order valence-corrected chi connectivity index (χ4v) is 1.50. The van der Waals surface area contributed by atoms with Crippen molar-refractivity contribution >= 4 is 5.91 Å². The molecule has 0 aliphatic carbocycles. The molecule has 3 nitrogen and oxygen atoms in total. The average molecular weight is 201 g/mol. The van der Waals surface area contributed by atoms with E-state index in [1.165, 1.54) is 5.56 Å². The number of nitrogens with two attached hydrogens (primary N) is 1. The Hall–Kier alpha value is -1.95. The van der Waals surface area contributed by atoms with Crippen molar-refractivity contribution in [1.82, 2.24) is 0 Å². The quantitative estimate of drug-likeness (QED) is 0.685. The normalized spacial score (nSPS) is 12.3. The molecule has 0 bridgehead atoms. The molecular weight excluding hydrogens is 190 g/mol. The molecule has 1 heterocycles. The molecule has 1 aliphatic rings. The molecule has 0 aromatic heterocycles. The first-order valence-electron chi connectivity index (χ1n) is 4.78. The zero-order chi connectivity index (χ0) is 10.7. The zero-order valence-electron chi connectivity index (χ0n) is 8.25. The van der Waals surface area contributed by atoms with E-state index in [0.717, 1.165) is 24.3 Å². The Kier molecular flexibility index (Phi) is 2.59. The molecule has 0 saturated carbocycles. The molecule has 0 fully saturated rings. The summed E-state index contributed by atoms with van der Waals surface area (Å²) in [4.78, 5) is 10.5. The fraction of sp³-hybridized carbons (Fsp3) is 0.250. The molecule has 2 rings (SSSR count). The van der Waals surface area contributed by atoms with Crippen LogP contribution in [0.2, 0.25) is 0 Å². The van der Waals surface area contributed by atoms with E-state index in [-0.39, 0.29) is 6.42 Å². The van der Waals surface area contributed by atoms with Crippen molar-refractivity contribution in [2.24, 2.45) is 5.73 Å². The topological polar surface area (TPSA) is 52.3 Å². The maximum atomic E-state index is 10.5. The smallest absolute Gasteiger partial charge is 0.229 e. The Morgan fingerprint density at radius 3 is 3.20 bits per heavy atom. The Morgan fingerprint density at radius 1 is 1.53 bits per heavy atom. The third kappa shape index (κ3) is 2.29. The molecule has 0 spiro atoms. The second-order valence-corrected chi connectivity index (χ2v) is 3.37. The Morgan fingerprint density at radius 2 is 2.40 bits per heavy atom. The van der Waals surface area contributed by atoms with Crippen LogP contribution >= 0.6 is 0 Å². The number of fused-ring (bicyclic) bond motifs is 1. The minimum Gasteiger partial charge on any atom is -0.493 e. The van der Waals surface area contributed by atoms with E-state index in [1.54, 1.807) is 0 Å². The summed E-state index contributed by atoms with van der Waals surface area (Å²) in [6, 6.07) is 5.80. The lowest BCUT2D eigenvalue weighted by Gasteiger charge is -1.97. The molecule has 1 aliphatic heterocycles. The molecule has 1 aromatic rings. The second kappa shape index (κ2) is 4.05. The highest BCUT2D eigenvalue weighted by atomic mass is 16.5. The van der Waals surface area contributed by atoms with Crippen molar-refractivity contribution in [3.05, 3.63) is 29.3 Å². The molecule has 0 unspecified atom stereocenters. The van der Waals surface area contributed by atoms with Crippen molar-refractivity contribution in [3.63, 3.8) is 0 Å². The standard InChI is InChI=1S/C12H11NO2/c13-12(14)3-1-2-9-4-5-11-10(8-9)6-7-15-11/h4-5,8H,3,6-7H2,(H2,13,14). The van der Waals surface area contributed by atoms with E-state index >= 15 is 0 Å². The summed E-state index contributed by atoms with van der Waals surface area (Å²) in [5, 5.41) is 0. The maximum absolute atomic E-state index is 10.5. The number of carbonyl (C=O) groups is 1. The van der Waals surface area contributed by atoms with Crippen LogP contribution in [0, 0.1) is 11.8 Å². The number of ether oxygens (including phenoxy) is 1. The van der Waals surface area contributed by atoms with Crippen molar-refractivity contribution in [2.75, 3.05) is 6.61 Å². The lowest BCUT2D eigenvalue weighted by atomic mass is 10.1. The summed E-state index contributed by atoms with van der Waals surface area (Å²) in [5.74, 6) is 6.17. The van der Waals surface area contributed by atoms with Crippen LogP contribution < -0.4 is 10.5 Å². The summed E-state index contributed by atoms with van der Waals surface area (Å²) >= 11 is 0. The van der Waals surface area contributed by atoms with Crippen LogP contribution in [-0.2, 0) is 11.2 Å². The van der Waals surface area contributed by atoms with Crippen molar-refractivity contribution in [1.29, 1.82) is 0 Å². The van der Waals surface area contributed by atoms with Gasteiger partial charge in [0.25, 0.3) is 0 Å². The molecule has 1 aromatic carbocycles. The fourth-order valence-electron chi connectivity index (χ4n) is 1.50. The largest absolute Gasteiger partial charge is 0.493 e. The maximum Gasteiger partial charge on any atom is 0.229 e. The van der Waals surface area contributed by atoms with Crippen LogP contribution in [0.3, 0.4) is 0 Å². The predicted octanol–water partition coefficient (Wildman–Crippen LogP) is 0.848. The van der Waals surface area contributed by atoms with Gasteiger partial charge in [0.2, 0.25) is 5.91 Å². The number of carbonyl (C=O) groups excluding carboxylic acids is 1. The summed E-state index contributed by atoms with van der Waals surface area (Å²) in [7, 11) is 0. The lowest BCUT2D eigenvalue weighted by Crippen LogP contribution is -2.08. The number of amides is 1. The Labute approximate surface area is 88.2 Å². The van der Waals surface area contributed by atoms with Gasteiger partial charge < -0.3 is 10.5 Å². The van der Waals surface area contributed by atoms with Gasteiger partial charge >= 0.3 is 0 Å². The van der Waals surface area contributed by atoms with E-state index in [4.69, 9.17) is 10.5 Å². The molecule has 76 valence electrons. The number of hydrogen-bond donors (Lipinski definition) is 1. The highest BCUT2D eigenvalue weighted by Crippen LogP contribution is 2.25. The summed E-state index contributed by atoms with van der Waals surface area (Å²) in [6.07, 6.45) is 1.04. The van der Waals surface area contributed by atoms with Gasteiger partial charge in [-0.25, -0.2) is 0 Å². The molecular formula is C12H11NO2. The van der Waals surface area contributed by atoms with E-state index in [2.05, 4.69) is 11.8 Å². The van der Waals surface area contributed by atoms with E-state index in [1.807, 2.05) is 18.2 Å². The molecule has 0 atom stereocenters. The number of benzene rings is 1. The number of rotatable bonds is 1. The SMILES string of the molecule is NC(=O)CC#Cc1ccc2c(c1)CCO2. The monoisotopic (exact) mass is 201 g/mol. The van der Waals surface area contributed by atoms with Gasteiger partial charge in [-0.2, -0.15) is 0 Å². The third-order valence-corrected chi connectivity index (χ3v) is 2.18. The first kappa shape index (κ1) is 9.60. The molecule has 15 heavy (non-hydrogen) atoms. The van der Waals surface area contributed by atoms with Crippen LogP contribution in [0.4, 0.5) is 0 Å². The Balaban J connectivity index is 2.15. The summed E-state index contributed by atoms with van der Waals surface area (Å²) in [5.41, 5.74) is 7.07. The van der Waals surface area contributed by atoms with Crippen molar-refractivity contribution < 1.29 is 9.53 Å². The van der Waals surface area contributed by atoms with Gasteiger partial charge in [0.1, 0.15) is 5.75 Å². The zero-order valence-corrected chi connectivity index (χ0v) is 8.25. The van der Waals surface area contributed by atoms with Gasteiger partial charge in [-0.05, 0) is 23.8 Å². The molecule has 3 heteroatoms. The minimum atomic E-state index is -0.396. The van der Waals surface area contributed by atoms with Gasteiger partial charge in [0, 0.05) is 12.0 Å². The Bertz CT molecular complexity index is 454. The number of hydrogen-bond acceptors (Lipinski definition) is 2. The summed E-state index contributed by atoms with van der Waals surface area (Å²) < 4.78 is 5.37. The van der Waals surface area contributed by atoms with E-state index in [0.29, 0.717) is 0 Å². The minimum absolute atomic E-state index is 0.105. The average Bonchev–Trinajstić information content (AvgIpc) is 2.64. The van der Waals surface area contributed by atoms with Crippen LogP contribution in [-0.4, -0.2) is 12.5 Å². The second-order valence-electron chi connectivity index (χ2n) is 3.37. The molecule has 0 radical (unpaired) electrons. The van der Waals surface area contributed by atoms with Gasteiger partial charge in [0.15, 0.2) is 0 Å². The summed E-state index contributed by atoms with van der Waals surface area (Å²) in [6.45, 7) is 0.744. The van der Waals surface area contributed by atoms with Gasteiger partial charge in [0.05, 0.1) is 13.0 Å². The predicted molar refractivity (Wildman–Crippen MR) is 56.3 cm³/mol. The lowest BCUT2D eigenvalue weighted by molar-refractivity contribution is -0.117. The van der Waals surface area contributed by atoms with Crippen LogP contribution in [0.5, 0.6) is 5.75 Å². The van der Waals surface area contributed by atoms with Crippen LogP contribution in [0.15, 0.2) is 18.2 Å². The van der Waals surface area contributed by atoms with Crippen molar-refractivity contribution in [2.45, 2.75) is 12.8 Å². The molecule has 1 amide bonds. The third-order valence-electron chi connectivity index (χ3n) is 2.18. The first-order chi connectivity index (χ1) is 7.25. The van der Waals surface area contributed by atoms with Crippen LogP contribution in [0.25, 0.3) is 0 Å². The highest BCUT2D eigenvalue weighted by molar-refractivity contribution is 5.76. The van der Waals surface area contributed by atoms with Crippen LogP contribution in [0.1, 0.15) is 17.5 Å². The highest BCUT2D eigenvalue weighted by Gasteiger charge is 2.10. The molecule has 2 N–H and O–H groups in total. The van der Waals surface area contributed by atoms with Gasteiger partial charge in [-0.3, -0.25) is 4.79 Å². The van der Waals surface area contributed by atoms with Gasteiger partial charge in [-0.1, -0.05) is 11.8 Å². The first-order valence-corrected chi connectivity index (χ1v) is 4.78. The van der Waals surface area contributed by atoms with Crippen molar-refractivity contribution in [3.8, 4) is 17.6 Å². The molecule has 0 saturated heterocycles. The van der Waals surface area contributed by atoms with E-state index in [9.17, 15) is 4.79 Å².